The molecule has 1 amide bonds. The summed E-state index contributed by atoms with van der Waals surface area (Å²) in [5, 5.41) is 20.5. The molecule has 0 saturated heterocycles. The first-order chi connectivity index (χ1) is 14.0. The summed E-state index contributed by atoms with van der Waals surface area (Å²) in [6.45, 7) is 0.227. The van der Waals surface area contributed by atoms with E-state index in [2.05, 4.69) is 15.6 Å². The monoisotopic (exact) mass is 427 g/mol. The predicted molar refractivity (Wildman–Crippen MR) is 109 cm³/mol. The largest absolute Gasteiger partial charge is 0.503 e. The number of nitrogens with zero attached hydrogens (tertiary/aromatic N) is 4. The van der Waals surface area contributed by atoms with Gasteiger partial charge in [-0.05, 0) is 48.5 Å². The summed E-state index contributed by atoms with van der Waals surface area (Å²) in [5.41, 5.74) is 1.44. The molecule has 3 heterocycles. The van der Waals surface area contributed by atoms with Crippen molar-refractivity contribution in [2.45, 2.75) is 6.54 Å². The molecule has 0 aliphatic carbocycles. The maximum Gasteiger partial charge on any atom is 0.297 e. The summed E-state index contributed by atoms with van der Waals surface area (Å²) in [6.07, 6.45) is 3.28. The Hall–Kier alpha value is -3.43. The van der Waals surface area contributed by atoms with Crippen LogP contribution in [0.5, 0.6) is 5.75 Å². The lowest BCUT2D eigenvalue weighted by Gasteiger charge is -2.07. The fraction of sp³-hybridized carbons (Fsp3) is 0.0526. The number of hydrogen-bond acceptors (Lipinski definition) is 6. The quantitative estimate of drug-likeness (QED) is 0.510. The Balaban J connectivity index is 1.46. The fourth-order valence-electron chi connectivity index (χ4n) is 2.65. The van der Waals surface area contributed by atoms with Gasteiger partial charge in [0.15, 0.2) is 5.75 Å². The normalized spacial score (nSPS) is 10.8. The van der Waals surface area contributed by atoms with E-state index in [0.717, 1.165) is 5.69 Å². The second-order valence-corrected chi connectivity index (χ2v) is 7.74. The number of rotatable bonds is 5. The second kappa shape index (κ2) is 7.90. The third-order valence-electron chi connectivity index (χ3n) is 4.09. The van der Waals surface area contributed by atoms with Crippen molar-refractivity contribution < 1.29 is 9.90 Å². The van der Waals surface area contributed by atoms with Crippen molar-refractivity contribution in [2.24, 2.45) is 0 Å². The Bertz CT molecular complexity index is 1230. The van der Waals surface area contributed by atoms with E-state index in [1.54, 1.807) is 59.5 Å². The Labute approximate surface area is 173 Å². The predicted octanol–water partition coefficient (Wildman–Crippen LogP) is 2.77. The minimum Gasteiger partial charge on any atom is -0.503 e. The summed E-state index contributed by atoms with van der Waals surface area (Å²) < 4.78 is 3.47. The molecule has 0 aliphatic rings. The van der Waals surface area contributed by atoms with Gasteiger partial charge < -0.3 is 10.4 Å². The summed E-state index contributed by atoms with van der Waals surface area (Å²) in [6, 6.07) is 13.3. The van der Waals surface area contributed by atoms with Crippen LogP contribution in [0.25, 0.3) is 11.4 Å². The number of amides is 1. The lowest BCUT2D eigenvalue weighted by atomic mass is 10.2. The maximum atomic E-state index is 12.1. The van der Waals surface area contributed by atoms with E-state index in [1.807, 2.05) is 0 Å². The molecular weight excluding hydrogens is 414 g/mol. The molecule has 29 heavy (non-hydrogen) atoms. The Morgan fingerprint density at radius 3 is 2.62 bits per heavy atom. The van der Waals surface area contributed by atoms with Gasteiger partial charge in [-0.2, -0.15) is 0 Å². The van der Waals surface area contributed by atoms with Crippen LogP contribution in [-0.4, -0.2) is 30.6 Å². The average Bonchev–Trinajstić information content (AvgIpc) is 3.38. The van der Waals surface area contributed by atoms with E-state index in [4.69, 9.17) is 11.6 Å². The Morgan fingerprint density at radius 1 is 1.14 bits per heavy atom. The molecule has 0 atom stereocenters. The molecule has 0 saturated carbocycles. The highest BCUT2D eigenvalue weighted by Gasteiger charge is 2.10. The molecule has 4 aromatic rings. The number of carbonyl (C=O) groups excluding carboxylic acids is 1. The van der Waals surface area contributed by atoms with Gasteiger partial charge in [-0.1, -0.05) is 16.8 Å². The lowest BCUT2D eigenvalue weighted by Crippen LogP contribution is -2.21. The van der Waals surface area contributed by atoms with E-state index in [9.17, 15) is 14.7 Å². The van der Waals surface area contributed by atoms with Gasteiger partial charge in [-0.15, -0.1) is 16.4 Å². The Morgan fingerprint density at radius 2 is 1.90 bits per heavy atom. The highest BCUT2D eigenvalue weighted by molar-refractivity contribution is 7.17. The van der Waals surface area contributed by atoms with Crippen LogP contribution in [0.1, 0.15) is 15.4 Å². The first-order valence-corrected chi connectivity index (χ1v) is 9.67. The molecule has 10 heteroatoms. The van der Waals surface area contributed by atoms with Crippen LogP contribution in [0.2, 0.25) is 4.34 Å². The minimum absolute atomic E-state index is 0.225. The van der Waals surface area contributed by atoms with Crippen molar-refractivity contribution in [3.63, 3.8) is 0 Å². The molecule has 0 bridgehead atoms. The molecule has 8 nitrogen and oxygen atoms in total. The van der Waals surface area contributed by atoms with Crippen LogP contribution in [0.15, 0.2) is 65.7 Å². The maximum absolute atomic E-state index is 12.1. The average molecular weight is 428 g/mol. The number of halogens is 1. The van der Waals surface area contributed by atoms with Gasteiger partial charge >= 0.3 is 0 Å². The summed E-state index contributed by atoms with van der Waals surface area (Å²) >= 11 is 7.05. The van der Waals surface area contributed by atoms with Crippen LogP contribution in [0.3, 0.4) is 0 Å². The topological polar surface area (TPSA) is 102 Å². The first-order valence-electron chi connectivity index (χ1n) is 8.47. The highest BCUT2D eigenvalue weighted by atomic mass is 35.5. The van der Waals surface area contributed by atoms with E-state index in [0.29, 0.717) is 20.6 Å². The number of thiophene rings is 1. The SMILES string of the molecule is O=C(NCc1cn(-c2ccc(-n3cccc(O)c3=O)cc2)nn1)c1ccc(Cl)s1. The molecular formula is C19H14ClN5O3S. The highest BCUT2D eigenvalue weighted by Crippen LogP contribution is 2.21. The molecule has 0 radical (unpaired) electrons. The molecule has 3 aromatic heterocycles. The summed E-state index contributed by atoms with van der Waals surface area (Å²) in [5.74, 6) is -0.540. The third kappa shape index (κ3) is 4.05. The van der Waals surface area contributed by atoms with Gasteiger partial charge in [-0.3, -0.25) is 14.2 Å². The summed E-state index contributed by atoms with van der Waals surface area (Å²) in [7, 11) is 0. The molecule has 4 rings (SSSR count). The zero-order valence-electron chi connectivity index (χ0n) is 14.8. The van der Waals surface area contributed by atoms with E-state index in [-0.39, 0.29) is 18.2 Å². The van der Waals surface area contributed by atoms with Gasteiger partial charge in [0.05, 0.1) is 27.6 Å². The number of benzene rings is 1. The minimum atomic E-state index is -0.494. The third-order valence-corrected chi connectivity index (χ3v) is 5.32. The molecule has 146 valence electrons. The standard InChI is InChI=1S/C19H14ClN5O3S/c20-17-8-7-16(29-17)18(27)21-10-12-11-25(23-22-12)14-5-3-13(4-6-14)24-9-1-2-15(26)19(24)28/h1-9,11,26H,10H2,(H,21,27). The zero-order valence-corrected chi connectivity index (χ0v) is 16.4. The lowest BCUT2D eigenvalue weighted by molar-refractivity contribution is 0.0954. The molecule has 0 unspecified atom stereocenters. The second-order valence-electron chi connectivity index (χ2n) is 6.03. The van der Waals surface area contributed by atoms with Crippen LogP contribution < -0.4 is 10.9 Å². The van der Waals surface area contributed by atoms with E-state index >= 15 is 0 Å². The zero-order chi connectivity index (χ0) is 20.4. The van der Waals surface area contributed by atoms with E-state index < -0.39 is 5.56 Å². The number of nitrogens with one attached hydrogen (secondary N) is 1. The number of aromatic hydroxyl groups is 1. The van der Waals surface area contributed by atoms with Crippen LogP contribution in [-0.2, 0) is 6.54 Å². The van der Waals surface area contributed by atoms with Crippen molar-refractivity contribution >= 4 is 28.8 Å². The van der Waals surface area contributed by atoms with Crippen molar-refractivity contribution in [3.05, 3.63) is 86.2 Å². The van der Waals surface area contributed by atoms with Crippen molar-refractivity contribution in [1.29, 1.82) is 0 Å². The van der Waals surface area contributed by atoms with Crippen LogP contribution >= 0.6 is 22.9 Å². The van der Waals surface area contributed by atoms with Crippen LogP contribution in [0, 0.1) is 0 Å². The van der Waals surface area contributed by atoms with E-state index in [1.165, 1.54) is 22.0 Å². The smallest absolute Gasteiger partial charge is 0.297 e. The number of hydrogen-bond donors (Lipinski definition) is 2. The van der Waals surface area contributed by atoms with Crippen molar-refractivity contribution in [1.82, 2.24) is 24.9 Å². The van der Waals surface area contributed by atoms with Crippen LogP contribution in [0.4, 0.5) is 0 Å². The number of carbonyl (C=O) groups is 1. The number of aromatic nitrogens is 4. The summed E-state index contributed by atoms with van der Waals surface area (Å²) in [4.78, 5) is 24.6. The van der Waals surface area contributed by atoms with Gasteiger partial charge in [0.25, 0.3) is 11.5 Å². The number of pyridine rings is 1. The first kappa shape index (κ1) is 18.9. The van der Waals surface area contributed by atoms with Gasteiger partial charge in [0.2, 0.25) is 0 Å². The molecule has 0 fully saturated rings. The molecule has 1 aromatic carbocycles. The fourth-order valence-corrected chi connectivity index (χ4v) is 3.61. The molecule has 0 spiro atoms. The van der Waals surface area contributed by atoms with Gasteiger partial charge in [0, 0.05) is 11.9 Å². The molecule has 2 N–H and O–H groups in total. The van der Waals surface area contributed by atoms with Crippen molar-refractivity contribution in [2.75, 3.05) is 0 Å². The van der Waals surface area contributed by atoms with Gasteiger partial charge in [-0.25, -0.2) is 4.68 Å². The molecule has 0 aliphatic heterocycles. The Kier molecular flexibility index (Phi) is 5.15. The van der Waals surface area contributed by atoms with Gasteiger partial charge in [0.1, 0.15) is 5.69 Å². The van der Waals surface area contributed by atoms with Crippen molar-refractivity contribution in [3.8, 4) is 17.1 Å².